The van der Waals surface area contributed by atoms with Crippen molar-refractivity contribution in [3.8, 4) is 0 Å². The number of hydrogen-bond acceptors (Lipinski definition) is 2. The van der Waals surface area contributed by atoms with Gasteiger partial charge in [-0.15, -0.1) is 0 Å². The Morgan fingerprint density at radius 1 is 1.37 bits per heavy atom. The van der Waals surface area contributed by atoms with Gasteiger partial charge < -0.3 is 4.74 Å². The number of hydrogen-bond donors (Lipinski definition) is 0. The maximum absolute atomic E-state index is 12.1. The lowest BCUT2D eigenvalue weighted by molar-refractivity contribution is 0.0427. The average Bonchev–Trinajstić information content (AvgIpc) is 2.42. The summed E-state index contributed by atoms with van der Waals surface area (Å²) in [5, 5.41) is 0. The molecule has 0 N–H and O–H groups in total. The predicted octanol–water partition coefficient (Wildman–Crippen LogP) is 5.13. The normalized spacial score (nSPS) is 12.2. The summed E-state index contributed by atoms with van der Waals surface area (Å²) in [6, 6.07) is 5.65. The summed E-state index contributed by atoms with van der Waals surface area (Å²) in [7, 11) is 0. The second-order valence-corrected chi connectivity index (χ2v) is 5.74. The van der Waals surface area contributed by atoms with E-state index in [-0.39, 0.29) is 5.97 Å². The number of benzene rings is 1. The van der Waals surface area contributed by atoms with E-state index in [0.717, 1.165) is 22.9 Å². The van der Waals surface area contributed by atoms with Crippen LogP contribution in [0.1, 0.15) is 55.5 Å². The number of aryl methyl sites for hydroxylation is 1. The zero-order valence-corrected chi connectivity index (χ0v) is 13.6. The van der Waals surface area contributed by atoms with Crippen molar-refractivity contribution in [1.82, 2.24) is 0 Å². The van der Waals surface area contributed by atoms with Gasteiger partial charge in [-0.05, 0) is 46.8 Å². The molecule has 0 amide bonds. The topological polar surface area (TPSA) is 26.3 Å². The molecular formula is C16H23BrO2. The molecule has 106 valence electrons. The molecule has 0 radical (unpaired) electrons. The minimum atomic E-state index is -0.231. The van der Waals surface area contributed by atoms with Crippen molar-refractivity contribution in [1.29, 1.82) is 0 Å². The smallest absolute Gasteiger partial charge is 0.339 e. The monoisotopic (exact) mass is 326 g/mol. The van der Waals surface area contributed by atoms with E-state index in [1.165, 1.54) is 12.8 Å². The molecule has 0 aliphatic rings. The van der Waals surface area contributed by atoms with Gasteiger partial charge >= 0.3 is 5.97 Å². The summed E-state index contributed by atoms with van der Waals surface area (Å²) in [5.74, 6) is 0.248. The highest BCUT2D eigenvalue weighted by Gasteiger charge is 2.15. The Hall–Kier alpha value is -0.830. The first kappa shape index (κ1) is 16.2. The number of ether oxygens (including phenoxy) is 1. The molecule has 0 fully saturated rings. The number of carbonyl (C=O) groups excluding carboxylic acids is 1. The van der Waals surface area contributed by atoms with Crippen LogP contribution in [-0.2, 0) is 4.74 Å². The molecule has 19 heavy (non-hydrogen) atoms. The quantitative estimate of drug-likeness (QED) is 0.649. The lowest BCUT2D eigenvalue weighted by Gasteiger charge is -2.15. The van der Waals surface area contributed by atoms with E-state index in [4.69, 9.17) is 4.74 Å². The summed E-state index contributed by atoms with van der Waals surface area (Å²) in [6.07, 6.45) is 4.58. The van der Waals surface area contributed by atoms with E-state index in [1.807, 2.05) is 19.1 Å². The van der Waals surface area contributed by atoms with E-state index in [9.17, 15) is 4.79 Å². The van der Waals surface area contributed by atoms with Gasteiger partial charge in [-0.3, -0.25) is 0 Å². The standard InChI is InChI=1S/C16H23BrO2/c1-4-6-9-13(5-2)11-19-16(18)14-10-7-8-12(3)15(14)17/h7-8,10,13H,4-6,9,11H2,1-3H3. The molecule has 0 heterocycles. The number of carbonyl (C=O) groups is 1. The first-order valence-electron chi connectivity index (χ1n) is 7.02. The molecule has 0 aliphatic heterocycles. The molecule has 0 aliphatic carbocycles. The molecule has 0 bridgehead atoms. The van der Waals surface area contributed by atoms with E-state index in [2.05, 4.69) is 29.8 Å². The third-order valence-electron chi connectivity index (χ3n) is 3.41. The predicted molar refractivity (Wildman–Crippen MR) is 82.5 cm³/mol. The van der Waals surface area contributed by atoms with Gasteiger partial charge in [0.1, 0.15) is 0 Å². The Morgan fingerprint density at radius 2 is 2.11 bits per heavy atom. The average molecular weight is 327 g/mol. The Balaban J connectivity index is 2.57. The fourth-order valence-corrected chi connectivity index (χ4v) is 2.40. The van der Waals surface area contributed by atoms with Crippen molar-refractivity contribution in [2.45, 2.75) is 46.5 Å². The maximum atomic E-state index is 12.1. The van der Waals surface area contributed by atoms with E-state index >= 15 is 0 Å². The van der Waals surface area contributed by atoms with Crippen LogP contribution >= 0.6 is 15.9 Å². The van der Waals surface area contributed by atoms with E-state index in [1.54, 1.807) is 6.07 Å². The van der Waals surface area contributed by atoms with Gasteiger partial charge in [0.15, 0.2) is 0 Å². The van der Waals surface area contributed by atoms with Crippen LogP contribution in [0.4, 0.5) is 0 Å². The van der Waals surface area contributed by atoms with Gasteiger partial charge in [-0.25, -0.2) is 4.79 Å². The Bertz CT molecular complexity index is 415. The van der Waals surface area contributed by atoms with Crippen molar-refractivity contribution in [3.05, 3.63) is 33.8 Å². The van der Waals surface area contributed by atoms with E-state index < -0.39 is 0 Å². The number of rotatable bonds is 7. The minimum Gasteiger partial charge on any atom is -0.462 e. The van der Waals surface area contributed by atoms with Crippen molar-refractivity contribution in [2.24, 2.45) is 5.92 Å². The molecule has 1 aromatic carbocycles. The van der Waals surface area contributed by atoms with Crippen LogP contribution in [0.3, 0.4) is 0 Å². The first-order chi connectivity index (χ1) is 9.10. The molecule has 2 nitrogen and oxygen atoms in total. The number of halogens is 1. The highest BCUT2D eigenvalue weighted by atomic mass is 79.9. The van der Waals surface area contributed by atoms with Crippen LogP contribution in [0.25, 0.3) is 0 Å². The highest BCUT2D eigenvalue weighted by molar-refractivity contribution is 9.10. The molecule has 1 atom stereocenters. The Kier molecular flexibility index (Phi) is 7.14. The van der Waals surface area contributed by atoms with Crippen molar-refractivity contribution < 1.29 is 9.53 Å². The SMILES string of the molecule is CCCCC(CC)COC(=O)c1cccc(C)c1Br. The zero-order chi connectivity index (χ0) is 14.3. The molecular weight excluding hydrogens is 304 g/mol. The van der Waals surface area contributed by atoms with E-state index in [0.29, 0.717) is 18.1 Å². The summed E-state index contributed by atoms with van der Waals surface area (Å²) >= 11 is 3.45. The largest absolute Gasteiger partial charge is 0.462 e. The highest BCUT2D eigenvalue weighted by Crippen LogP contribution is 2.22. The second kappa shape index (κ2) is 8.36. The Morgan fingerprint density at radius 3 is 2.74 bits per heavy atom. The van der Waals surface area contributed by atoms with Crippen molar-refractivity contribution in [2.75, 3.05) is 6.61 Å². The van der Waals surface area contributed by atoms with Gasteiger partial charge in [0.2, 0.25) is 0 Å². The molecule has 3 heteroatoms. The maximum Gasteiger partial charge on any atom is 0.339 e. The lowest BCUT2D eigenvalue weighted by Crippen LogP contribution is -2.14. The molecule has 1 unspecified atom stereocenters. The number of unbranched alkanes of at least 4 members (excludes halogenated alkanes) is 1. The van der Waals surface area contributed by atoms with Crippen LogP contribution in [0.5, 0.6) is 0 Å². The van der Waals surface area contributed by atoms with Gasteiger partial charge in [-0.2, -0.15) is 0 Å². The zero-order valence-electron chi connectivity index (χ0n) is 12.0. The van der Waals surface area contributed by atoms with Crippen LogP contribution in [0.2, 0.25) is 0 Å². The van der Waals surface area contributed by atoms with Crippen LogP contribution in [-0.4, -0.2) is 12.6 Å². The first-order valence-corrected chi connectivity index (χ1v) is 7.81. The van der Waals surface area contributed by atoms with Crippen LogP contribution in [0.15, 0.2) is 22.7 Å². The summed E-state index contributed by atoms with van der Waals surface area (Å²) in [5.41, 5.74) is 1.66. The van der Waals surface area contributed by atoms with Crippen molar-refractivity contribution >= 4 is 21.9 Å². The molecule has 0 saturated heterocycles. The van der Waals surface area contributed by atoms with Crippen LogP contribution in [0, 0.1) is 12.8 Å². The lowest BCUT2D eigenvalue weighted by atomic mass is 10.0. The molecule has 0 spiro atoms. The third kappa shape index (κ3) is 4.98. The van der Waals surface area contributed by atoms with Gasteiger partial charge in [0, 0.05) is 4.47 Å². The summed E-state index contributed by atoms with van der Waals surface area (Å²) < 4.78 is 6.28. The summed E-state index contributed by atoms with van der Waals surface area (Å²) in [6.45, 7) is 6.83. The van der Waals surface area contributed by atoms with Gasteiger partial charge in [-0.1, -0.05) is 45.2 Å². The van der Waals surface area contributed by atoms with Crippen molar-refractivity contribution in [3.63, 3.8) is 0 Å². The van der Waals surface area contributed by atoms with Crippen LogP contribution < -0.4 is 0 Å². The fourth-order valence-electron chi connectivity index (χ4n) is 1.97. The molecule has 0 aromatic heterocycles. The summed E-state index contributed by atoms with van der Waals surface area (Å²) in [4.78, 5) is 12.1. The molecule has 1 aromatic rings. The fraction of sp³-hybridized carbons (Fsp3) is 0.562. The number of esters is 1. The van der Waals surface area contributed by atoms with Gasteiger partial charge in [0.25, 0.3) is 0 Å². The minimum absolute atomic E-state index is 0.231. The second-order valence-electron chi connectivity index (χ2n) is 4.95. The Labute approximate surface area is 124 Å². The molecule has 1 rings (SSSR count). The third-order valence-corrected chi connectivity index (χ3v) is 4.46. The molecule has 0 saturated carbocycles. The van der Waals surface area contributed by atoms with Gasteiger partial charge in [0.05, 0.1) is 12.2 Å².